The zero-order valence-electron chi connectivity index (χ0n) is 10.9. The molecule has 18 heavy (non-hydrogen) atoms. The standard InChI is InChI=1S/C12H20ClN3O2/c1-8(13)11(17)14-12(18)16-6-5-9-3-4-10(7-16)15(9)2/h8-10H,3-7H2,1-2H3,(H,14,17,18). The molecule has 0 spiro atoms. The van der Waals surface area contributed by atoms with Crippen LogP contribution in [0.4, 0.5) is 4.79 Å². The van der Waals surface area contributed by atoms with Gasteiger partial charge in [0, 0.05) is 25.2 Å². The highest BCUT2D eigenvalue weighted by atomic mass is 35.5. The third-order valence-electron chi connectivity index (χ3n) is 4.03. The Labute approximate surface area is 112 Å². The molecule has 1 N–H and O–H groups in total. The molecule has 2 bridgehead atoms. The van der Waals surface area contributed by atoms with Crippen molar-refractivity contribution in [1.29, 1.82) is 0 Å². The first-order valence-electron chi connectivity index (χ1n) is 6.45. The maximum absolute atomic E-state index is 12.0. The summed E-state index contributed by atoms with van der Waals surface area (Å²) in [5, 5.41) is 1.67. The van der Waals surface area contributed by atoms with Crippen LogP contribution >= 0.6 is 11.6 Å². The van der Waals surface area contributed by atoms with Gasteiger partial charge in [-0.1, -0.05) is 0 Å². The highest BCUT2D eigenvalue weighted by Crippen LogP contribution is 2.28. The lowest BCUT2D eigenvalue weighted by atomic mass is 10.1. The van der Waals surface area contributed by atoms with Crippen LogP contribution < -0.4 is 5.32 Å². The van der Waals surface area contributed by atoms with Crippen LogP contribution in [0.3, 0.4) is 0 Å². The van der Waals surface area contributed by atoms with Gasteiger partial charge in [-0.15, -0.1) is 11.6 Å². The van der Waals surface area contributed by atoms with Crippen LogP contribution in [0.5, 0.6) is 0 Å². The molecule has 0 aromatic heterocycles. The van der Waals surface area contributed by atoms with E-state index in [0.717, 1.165) is 12.8 Å². The summed E-state index contributed by atoms with van der Waals surface area (Å²) in [6.07, 6.45) is 3.32. The lowest BCUT2D eigenvalue weighted by Gasteiger charge is -2.25. The summed E-state index contributed by atoms with van der Waals surface area (Å²) in [5.74, 6) is -0.426. The number of hydrogen-bond acceptors (Lipinski definition) is 3. The van der Waals surface area contributed by atoms with E-state index >= 15 is 0 Å². The maximum atomic E-state index is 12.0. The molecule has 0 aromatic carbocycles. The molecule has 0 radical (unpaired) electrons. The number of rotatable bonds is 1. The summed E-state index contributed by atoms with van der Waals surface area (Å²) in [5.41, 5.74) is 0. The number of carbonyl (C=O) groups is 2. The third kappa shape index (κ3) is 2.78. The summed E-state index contributed by atoms with van der Waals surface area (Å²) >= 11 is 5.64. The van der Waals surface area contributed by atoms with Gasteiger partial charge in [-0.3, -0.25) is 15.0 Å². The van der Waals surface area contributed by atoms with Crippen molar-refractivity contribution in [1.82, 2.24) is 15.1 Å². The molecule has 2 rings (SSSR count). The Hall–Kier alpha value is -0.810. The van der Waals surface area contributed by atoms with Gasteiger partial charge in [0.2, 0.25) is 5.91 Å². The number of hydrogen-bond donors (Lipinski definition) is 1. The number of urea groups is 1. The van der Waals surface area contributed by atoms with E-state index in [4.69, 9.17) is 11.6 Å². The Morgan fingerprint density at radius 3 is 2.61 bits per heavy atom. The van der Waals surface area contributed by atoms with Crippen molar-refractivity contribution < 1.29 is 9.59 Å². The normalized spacial score (nSPS) is 29.8. The zero-order chi connectivity index (χ0) is 13.3. The van der Waals surface area contributed by atoms with Gasteiger partial charge in [0.1, 0.15) is 5.38 Å². The summed E-state index contributed by atoms with van der Waals surface area (Å²) < 4.78 is 0. The highest BCUT2D eigenvalue weighted by Gasteiger charge is 2.36. The van der Waals surface area contributed by atoms with Crippen molar-refractivity contribution in [3.63, 3.8) is 0 Å². The van der Waals surface area contributed by atoms with Gasteiger partial charge < -0.3 is 4.90 Å². The fourth-order valence-electron chi connectivity index (χ4n) is 2.78. The van der Waals surface area contributed by atoms with Gasteiger partial charge >= 0.3 is 6.03 Å². The lowest BCUT2D eigenvalue weighted by molar-refractivity contribution is -0.119. The zero-order valence-corrected chi connectivity index (χ0v) is 11.6. The van der Waals surface area contributed by atoms with E-state index in [2.05, 4.69) is 17.3 Å². The average molecular weight is 274 g/mol. The lowest BCUT2D eigenvalue weighted by Crippen LogP contribution is -2.48. The smallest absolute Gasteiger partial charge is 0.323 e. The van der Waals surface area contributed by atoms with Gasteiger partial charge in [0.25, 0.3) is 0 Å². The quantitative estimate of drug-likeness (QED) is 0.726. The minimum atomic E-state index is -0.681. The fraction of sp³-hybridized carbons (Fsp3) is 0.833. The first kappa shape index (κ1) is 13.6. The molecule has 3 amide bonds. The van der Waals surface area contributed by atoms with Crippen LogP contribution in [-0.4, -0.2) is 59.3 Å². The highest BCUT2D eigenvalue weighted by molar-refractivity contribution is 6.31. The number of likely N-dealkylation sites (N-methyl/N-ethyl adjacent to an activating group) is 1. The molecule has 5 nitrogen and oxygen atoms in total. The molecule has 0 aliphatic carbocycles. The Bertz CT molecular complexity index is 348. The molecule has 6 heteroatoms. The summed E-state index contributed by atoms with van der Waals surface area (Å²) in [6.45, 7) is 2.96. The molecule has 3 atom stereocenters. The maximum Gasteiger partial charge on any atom is 0.324 e. The molecule has 2 saturated heterocycles. The molecule has 0 aromatic rings. The fourth-order valence-corrected chi connectivity index (χ4v) is 2.83. The summed E-state index contributed by atoms with van der Waals surface area (Å²) in [7, 11) is 2.12. The largest absolute Gasteiger partial charge is 0.324 e. The molecule has 102 valence electrons. The number of alkyl halides is 1. The van der Waals surface area contributed by atoms with Crippen molar-refractivity contribution in [2.75, 3.05) is 20.1 Å². The van der Waals surface area contributed by atoms with Crippen LogP contribution in [0.1, 0.15) is 26.2 Å². The van der Waals surface area contributed by atoms with Crippen molar-refractivity contribution >= 4 is 23.5 Å². The summed E-state index contributed by atoms with van der Waals surface area (Å²) in [4.78, 5) is 27.5. The van der Waals surface area contributed by atoms with Gasteiger partial charge in [0.05, 0.1) is 0 Å². The van der Waals surface area contributed by atoms with E-state index in [0.29, 0.717) is 25.2 Å². The van der Waals surface area contributed by atoms with Gasteiger partial charge in [-0.2, -0.15) is 0 Å². The van der Waals surface area contributed by atoms with Crippen LogP contribution in [0.25, 0.3) is 0 Å². The van der Waals surface area contributed by atoms with E-state index in [-0.39, 0.29) is 6.03 Å². The first-order valence-corrected chi connectivity index (χ1v) is 6.88. The van der Waals surface area contributed by atoms with Crippen molar-refractivity contribution in [3.8, 4) is 0 Å². The topological polar surface area (TPSA) is 52.7 Å². The number of nitrogens with one attached hydrogen (secondary N) is 1. The average Bonchev–Trinajstić information content (AvgIpc) is 2.52. The number of fused-ring (bicyclic) bond motifs is 2. The Kier molecular flexibility index (Phi) is 4.12. The van der Waals surface area contributed by atoms with Crippen LogP contribution in [0.15, 0.2) is 0 Å². The van der Waals surface area contributed by atoms with Crippen molar-refractivity contribution in [2.45, 2.75) is 43.6 Å². The van der Waals surface area contributed by atoms with Crippen LogP contribution in [0, 0.1) is 0 Å². The number of halogens is 1. The van der Waals surface area contributed by atoms with E-state index in [1.807, 2.05) is 0 Å². The second kappa shape index (κ2) is 5.45. The van der Waals surface area contributed by atoms with Gasteiger partial charge in [-0.25, -0.2) is 4.79 Å². The molecule has 3 unspecified atom stereocenters. The number of imide groups is 1. The van der Waals surface area contributed by atoms with Crippen LogP contribution in [-0.2, 0) is 4.79 Å². The van der Waals surface area contributed by atoms with E-state index in [1.54, 1.807) is 11.8 Å². The molecular weight excluding hydrogens is 254 g/mol. The molecule has 2 aliphatic heterocycles. The predicted molar refractivity (Wildman–Crippen MR) is 69.6 cm³/mol. The molecule has 0 saturated carbocycles. The second-order valence-corrected chi connectivity index (χ2v) is 5.85. The molecule has 2 aliphatic rings. The van der Waals surface area contributed by atoms with E-state index < -0.39 is 11.3 Å². The van der Waals surface area contributed by atoms with Crippen molar-refractivity contribution in [3.05, 3.63) is 0 Å². The monoisotopic (exact) mass is 273 g/mol. The number of likely N-dealkylation sites (tertiary alicyclic amines) is 1. The van der Waals surface area contributed by atoms with Crippen molar-refractivity contribution in [2.24, 2.45) is 0 Å². The van der Waals surface area contributed by atoms with E-state index in [9.17, 15) is 9.59 Å². The molecule has 2 fully saturated rings. The second-order valence-electron chi connectivity index (χ2n) is 5.20. The SMILES string of the molecule is CC(Cl)C(=O)NC(=O)N1CCC2CCC(C1)N2C. The number of nitrogens with zero attached hydrogens (tertiary/aromatic N) is 2. The summed E-state index contributed by atoms with van der Waals surface area (Å²) in [6, 6.07) is 0.690. The Morgan fingerprint density at radius 1 is 1.28 bits per heavy atom. The minimum absolute atomic E-state index is 0.312. The van der Waals surface area contributed by atoms with Crippen LogP contribution in [0.2, 0.25) is 0 Å². The molecule has 2 heterocycles. The first-order chi connectivity index (χ1) is 8.49. The number of carbonyl (C=O) groups excluding carboxylic acids is 2. The van der Waals surface area contributed by atoms with Gasteiger partial charge in [-0.05, 0) is 33.2 Å². The van der Waals surface area contributed by atoms with E-state index in [1.165, 1.54) is 6.42 Å². The minimum Gasteiger partial charge on any atom is -0.323 e. The Morgan fingerprint density at radius 2 is 1.94 bits per heavy atom. The number of amides is 3. The molecular formula is C12H20ClN3O2. The van der Waals surface area contributed by atoms with Gasteiger partial charge in [0.15, 0.2) is 0 Å². The Balaban J connectivity index is 1.94. The third-order valence-corrected chi connectivity index (χ3v) is 4.23. The predicted octanol–water partition coefficient (Wildman–Crippen LogP) is 1.02.